The first-order valence-electron chi connectivity index (χ1n) is 7.56. The monoisotopic (exact) mass is 365 g/mol. The summed E-state index contributed by atoms with van der Waals surface area (Å²) in [6.07, 6.45) is 1.48. The highest BCUT2D eigenvalue weighted by molar-refractivity contribution is 7.89. The van der Waals surface area contributed by atoms with Crippen molar-refractivity contribution in [2.45, 2.75) is 26.0 Å². The fraction of sp³-hybridized carbons (Fsp3) is 0.294. The Kier molecular flexibility index (Phi) is 5.32. The van der Waals surface area contributed by atoms with E-state index in [4.69, 9.17) is 9.52 Å². The number of carbonyl (C=O) groups excluding carboxylic acids is 1. The lowest BCUT2D eigenvalue weighted by molar-refractivity contribution is 0.0694. The van der Waals surface area contributed by atoms with Gasteiger partial charge in [-0.05, 0) is 24.1 Å². The highest BCUT2D eigenvalue weighted by Gasteiger charge is 2.21. The Morgan fingerprint density at radius 1 is 1.28 bits per heavy atom. The summed E-state index contributed by atoms with van der Waals surface area (Å²) in [5.41, 5.74) is 1.61. The number of amides is 1. The van der Waals surface area contributed by atoms with E-state index in [1.54, 1.807) is 32.0 Å². The van der Waals surface area contributed by atoms with E-state index in [0.29, 0.717) is 23.2 Å². The van der Waals surface area contributed by atoms with Gasteiger partial charge in [-0.2, -0.15) is 0 Å². The Morgan fingerprint density at radius 3 is 2.48 bits per heavy atom. The minimum atomic E-state index is -3.21. The molecule has 0 unspecified atom stereocenters. The maximum atomic E-state index is 12.4. The smallest absolute Gasteiger partial charge is 0.339 e. The molecule has 0 bridgehead atoms. The Morgan fingerprint density at radius 2 is 1.96 bits per heavy atom. The van der Waals surface area contributed by atoms with E-state index in [-0.39, 0.29) is 22.8 Å². The number of rotatable bonds is 6. The Balaban J connectivity index is 2.30. The molecule has 0 aliphatic rings. The predicted molar refractivity (Wildman–Crippen MR) is 92.7 cm³/mol. The summed E-state index contributed by atoms with van der Waals surface area (Å²) in [6, 6.07) is 6.15. The van der Waals surface area contributed by atoms with Gasteiger partial charge in [0.25, 0.3) is 5.91 Å². The first-order chi connectivity index (χ1) is 11.6. The molecule has 2 rings (SSSR count). The highest BCUT2D eigenvalue weighted by Crippen LogP contribution is 2.23. The number of nitrogens with one attached hydrogen (secondary N) is 1. The summed E-state index contributed by atoms with van der Waals surface area (Å²) in [7, 11) is -3.21. The van der Waals surface area contributed by atoms with Crippen LogP contribution in [0.4, 0.5) is 5.69 Å². The number of carbonyl (C=O) groups is 2. The van der Waals surface area contributed by atoms with E-state index < -0.39 is 21.7 Å². The number of aromatic carboxylic acids is 1. The molecule has 0 saturated carbocycles. The zero-order valence-electron chi connectivity index (χ0n) is 14.1. The molecule has 1 amide bonds. The minimum Gasteiger partial charge on any atom is -0.478 e. The molecule has 0 aliphatic heterocycles. The average Bonchev–Trinajstić information content (AvgIpc) is 2.94. The van der Waals surface area contributed by atoms with E-state index in [1.165, 1.54) is 6.07 Å². The van der Waals surface area contributed by atoms with Gasteiger partial charge < -0.3 is 14.8 Å². The quantitative estimate of drug-likeness (QED) is 0.813. The van der Waals surface area contributed by atoms with Crippen LogP contribution in [0, 0.1) is 6.92 Å². The average molecular weight is 365 g/mol. The molecule has 0 fully saturated rings. The van der Waals surface area contributed by atoms with Crippen molar-refractivity contribution in [3.63, 3.8) is 0 Å². The van der Waals surface area contributed by atoms with E-state index >= 15 is 0 Å². The lowest BCUT2D eigenvalue weighted by atomic mass is 10.1. The molecule has 2 aromatic rings. The number of sulfone groups is 1. The summed E-state index contributed by atoms with van der Waals surface area (Å²) in [4.78, 5) is 23.5. The summed E-state index contributed by atoms with van der Waals surface area (Å²) in [5.74, 6) is -1.78. The Bertz CT molecular complexity index is 927. The van der Waals surface area contributed by atoms with Gasteiger partial charge in [-0.15, -0.1) is 0 Å². The fourth-order valence-electron chi connectivity index (χ4n) is 2.43. The van der Waals surface area contributed by atoms with Crippen molar-refractivity contribution in [2.24, 2.45) is 0 Å². The summed E-state index contributed by atoms with van der Waals surface area (Å²) >= 11 is 0. The zero-order chi connectivity index (χ0) is 18.8. The molecular formula is C17H19NO6S. The maximum Gasteiger partial charge on any atom is 0.339 e. The standard InChI is InChI=1S/C17H19NO6S/c1-4-14-12(17(20)21)8-15(24-14)16(19)18-13-7-5-6-11(10(13)2)9-25(3,22)23/h5-8H,4,9H2,1-3H3,(H,18,19)(H,20,21). The summed E-state index contributed by atoms with van der Waals surface area (Å²) in [5, 5.41) is 11.8. The van der Waals surface area contributed by atoms with Crippen LogP contribution in [0.25, 0.3) is 0 Å². The van der Waals surface area contributed by atoms with Gasteiger partial charge in [-0.3, -0.25) is 4.79 Å². The van der Waals surface area contributed by atoms with Crippen LogP contribution in [0.1, 0.15) is 44.7 Å². The topological polar surface area (TPSA) is 114 Å². The minimum absolute atomic E-state index is 0.0461. The lowest BCUT2D eigenvalue weighted by Gasteiger charge is -2.11. The van der Waals surface area contributed by atoms with Crippen LogP contribution in [0.15, 0.2) is 28.7 Å². The Labute approximate surface area is 145 Å². The van der Waals surface area contributed by atoms with Gasteiger partial charge in [-0.25, -0.2) is 13.2 Å². The SMILES string of the molecule is CCc1oc(C(=O)Nc2cccc(CS(C)(=O)=O)c2C)cc1C(=O)O. The number of anilines is 1. The zero-order valence-corrected chi connectivity index (χ0v) is 14.9. The van der Waals surface area contributed by atoms with Crippen molar-refractivity contribution in [2.75, 3.05) is 11.6 Å². The van der Waals surface area contributed by atoms with Crippen molar-refractivity contribution < 1.29 is 27.5 Å². The molecule has 0 saturated heterocycles. The van der Waals surface area contributed by atoms with Crippen LogP contribution < -0.4 is 5.32 Å². The second-order valence-electron chi connectivity index (χ2n) is 5.72. The lowest BCUT2D eigenvalue weighted by Crippen LogP contribution is -2.13. The third-order valence-corrected chi connectivity index (χ3v) is 4.53. The van der Waals surface area contributed by atoms with E-state index in [9.17, 15) is 18.0 Å². The molecule has 7 nitrogen and oxygen atoms in total. The van der Waals surface area contributed by atoms with Crippen molar-refractivity contribution in [1.82, 2.24) is 0 Å². The largest absolute Gasteiger partial charge is 0.478 e. The van der Waals surface area contributed by atoms with Gasteiger partial charge in [-0.1, -0.05) is 19.1 Å². The van der Waals surface area contributed by atoms with Gasteiger partial charge in [0.05, 0.1) is 5.75 Å². The second kappa shape index (κ2) is 7.10. The van der Waals surface area contributed by atoms with Crippen molar-refractivity contribution in [3.05, 3.63) is 52.5 Å². The highest BCUT2D eigenvalue weighted by atomic mass is 32.2. The normalized spacial score (nSPS) is 11.3. The van der Waals surface area contributed by atoms with Crippen molar-refractivity contribution in [3.8, 4) is 0 Å². The van der Waals surface area contributed by atoms with Crippen LogP contribution >= 0.6 is 0 Å². The van der Waals surface area contributed by atoms with E-state index in [2.05, 4.69) is 5.32 Å². The Hall–Kier alpha value is -2.61. The molecule has 1 aromatic heterocycles. The second-order valence-corrected chi connectivity index (χ2v) is 7.86. The number of carboxylic acid groups (broad SMARTS) is 1. The molecule has 2 N–H and O–H groups in total. The summed E-state index contributed by atoms with van der Waals surface area (Å²) in [6.45, 7) is 3.43. The number of benzene rings is 1. The third-order valence-electron chi connectivity index (χ3n) is 3.70. The predicted octanol–water partition coefficient (Wildman–Crippen LogP) is 2.65. The van der Waals surface area contributed by atoms with Gasteiger partial charge in [0.2, 0.25) is 0 Å². The van der Waals surface area contributed by atoms with Gasteiger partial charge in [0.1, 0.15) is 11.3 Å². The molecule has 1 aromatic carbocycles. The van der Waals surface area contributed by atoms with E-state index in [0.717, 1.165) is 6.26 Å². The van der Waals surface area contributed by atoms with Crippen LogP contribution in [-0.4, -0.2) is 31.7 Å². The van der Waals surface area contributed by atoms with Gasteiger partial charge in [0.15, 0.2) is 15.6 Å². The summed E-state index contributed by atoms with van der Waals surface area (Å²) < 4.78 is 28.3. The molecule has 0 aliphatic carbocycles. The number of carboxylic acids is 1. The first kappa shape index (κ1) is 18.7. The third kappa shape index (κ3) is 4.48. The molecule has 0 atom stereocenters. The number of aryl methyl sites for hydroxylation is 1. The maximum absolute atomic E-state index is 12.4. The fourth-order valence-corrected chi connectivity index (χ4v) is 3.30. The van der Waals surface area contributed by atoms with Crippen LogP contribution in [0.2, 0.25) is 0 Å². The van der Waals surface area contributed by atoms with E-state index in [1.807, 2.05) is 0 Å². The number of hydrogen-bond donors (Lipinski definition) is 2. The molecule has 0 spiro atoms. The molecule has 134 valence electrons. The van der Waals surface area contributed by atoms with Crippen LogP contribution in [0.5, 0.6) is 0 Å². The van der Waals surface area contributed by atoms with Crippen LogP contribution in [0.3, 0.4) is 0 Å². The molecule has 8 heteroatoms. The molecular weight excluding hydrogens is 346 g/mol. The van der Waals surface area contributed by atoms with Crippen molar-refractivity contribution in [1.29, 1.82) is 0 Å². The van der Waals surface area contributed by atoms with Gasteiger partial charge in [0, 0.05) is 24.4 Å². The number of hydrogen-bond acceptors (Lipinski definition) is 5. The van der Waals surface area contributed by atoms with Crippen LogP contribution in [-0.2, 0) is 22.0 Å². The molecule has 1 heterocycles. The molecule has 0 radical (unpaired) electrons. The number of furan rings is 1. The van der Waals surface area contributed by atoms with Crippen molar-refractivity contribution >= 4 is 27.4 Å². The molecule has 25 heavy (non-hydrogen) atoms. The van der Waals surface area contributed by atoms with Gasteiger partial charge >= 0.3 is 5.97 Å². The first-order valence-corrected chi connectivity index (χ1v) is 9.62.